The molecule has 0 aliphatic carbocycles. The summed E-state index contributed by atoms with van der Waals surface area (Å²) in [7, 11) is 0. The van der Waals surface area contributed by atoms with Crippen LogP contribution in [0.25, 0.3) is 0 Å². The number of aromatic nitrogens is 2. The predicted octanol–water partition coefficient (Wildman–Crippen LogP) is 1.90. The third-order valence-corrected chi connectivity index (χ3v) is 5.53. The molecule has 1 atom stereocenters. The fraction of sp³-hybridized carbons (Fsp3) is 0.824. The molecule has 22 heavy (non-hydrogen) atoms. The van der Waals surface area contributed by atoms with Gasteiger partial charge in [-0.1, -0.05) is 6.42 Å². The number of piperidine rings is 1. The maximum absolute atomic E-state index is 5.54. The van der Waals surface area contributed by atoms with Gasteiger partial charge < -0.3 is 9.64 Å². The summed E-state index contributed by atoms with van der Waals surface area (Å²) in [5, 5.41) is 4.62. The Bertz CT molecular complexity index is 477. The minimum absolute atomic E-state index is 0.514. The lowest BCUT2D eigenvalue weighted by Crippen LogP contribution is -2.48. The van der Waals surface area contributed by atoms with E-state index >= 15 is 0 Å². The number of rotatable bonds is 3. The molecular formula is C17H28N4O. The second kappa shape index (κ2) is 6.69. The van der Waals surface area contributed by atoms with E-state index < -0.39 is 0 Å². The molecule has 3 aliphatic rings. The molecule has 4 heterocycles. The monoisotopic (exact) mass is 304 g/mol. The Hall–Kier alpha value is -0.910. The van der Waals surface area contributed by atoms with Gasteiger partial charge in [0.25, 0.3) is 0 Å². The highest BCUT2D eigenvalue weighted by atomic mass is 16.5. The van der Waals surface area contributed by atoms with E-state index in [2.05, 4.69) is 25.6 Å². The predicted molar refractivity (Wildman–Crippen MR) is 85.8 cm³/mol. The first-order chi connectivity index (χ1) is 10.9. The van der Waals surface area contributed by atoms with Gasteiger partial charge in [0.05, 0.1) is 11.7 Å². The summed E-state index contributed by atoms with van der Waals surface area (Å²) in [6, 6.07) is 3.41. The van der Waals surface area contributed by atoms with Crippen molar-refractivity contribution in [2.24, 2.45) is 0 Å². The molecule has 0 spiro atoms. The molecule has 1 unspecified atom stereocenters. The molecular weight excluding hydrogens is 276 g/mol. The van der Waals surface area contributed by atoms with Gasteiger partial charge >= 0.3 is 0 Å². The van der Waals surface area contributed by atoms with Crippen LogP contribution in [-0.4, -0.2) is 65.0 Å². The smallest absolute Gasteiger partial charge is 0.0776 e. The molecule has 1 aromatic rings. The second-order valence-electron chi connectivity index (χ2n) is 7.06. The van der Waals surface area contributed by atoms with Crippen molar-refractivity contribution in [1.29, 1.82) is 0 Å². The van der Waals surface area contributed by atoms with Crippen LogP contribution in [0.5, 0.6) is 0 Å². The van der Waals surface area contributed by atoms with Crippen molar-refractivity contribution in [3.63, 3.8) is 0 Å². The normalized spacial score (nSPS) is 28.6. The maximum Gasteiger partial charge on any atom is 0.0776 e. The first-order valence-corrected chi connectivity index (χ1v) is 8.97. The van der Waals surface area contributed by atoms with Crippen LogP contribution in [0.4, 0.5) is 0 Å². The van der Waals surface area contributed by atoms with E-state index in [1.54, 1.807) is 0 Å². The average Bonchev–Trinajstić information content (AvgIpc) is 3.05. The van der Waals surface area contributed by atoms with Crippen molar-refractivity contribution in [3.05, 3.63) is 18.0 Å². The van der Waals surface area contributed by atoms with E-state index in [0.29, 0.717) is 12.1 Å². The van der Waals surface area contributed by atoms with Crippen LogP contribution < -0.4 is 0 Å². The van der Waals surface area contributed by atoms with Crippen LogP contribution in [-0.2, 0) is 11.3 Å². The second-order valence-corrected chi connectivity index (χ2v) is 7.06. The third-order valence-electron chi connectivity index (χ3n) is 5.53. The molecule has 1 aromatic heterocycles. The van der Waals surface area contributed by atoms with Gasteiger partial charge in [-0.2, -0.15) is 5.10 Å². The highest BCUT2D eigenvalue weighted by molar-refractivity contribution is 5.06. The molecule has 0 aromatic carbocycles. The summed E-state index contributed by atoms with van der Waals surface area (Å²) < 4.78 is 7.84. The van der Waals surface area contributed by atoms with Gasteiger partial charge in [-0.25, -0.2) is 0 Å². The highest BCUT2D eigenvalue weighted by Crippen LogP contribution is 2.27. The van der Waals surface area contributed by atoms with Crippen molar-refractivity contribution >= 4 is 0 Å². The highest BCUT2D eigenvalue weighted by Gasteiger charge is 2.31. The molecule has 0 N–H and O–H groups in total. The molecule has 3 aliphatic heterocycles. The van der Waals surface area contributed by atoms with Crippen LogP contribution in [0, 0.1) is 0 Å². The Balaban J connectivity index is 1.47. The molecule has 2 fully saturated rings. The number of nitrogens with zero attached hydrogens (tertiary/aromatic N) is 4. The lowest BCUT2D eigenvalue weighted by Gasteiger charge is -2.42. The Labute approximate surface area is 133 Å². The van der Waals surface area contributed by atoms with Gasteiger partial charge in [0.2, 0.25) is 0 Å². The summed E-state index contributed by atoms with van der Waals surface area (Å²) in [6.07, 6.45) is 8.48. The standard InChI is InChI=1S/C17H28N4O/c1-2-8-19(9-3-1)12-17-14-20(15-5-10-22-11-6-15)13-16-4-7-18-21(16)17/h4,7,15,17H,1-3,5-6,8-14H2. The van der Waals surface area contributed by atoms with E-state index in [9.17, 15) is 0 Å². The van der Waals surface area contributed by atoms with Gasteiger partial charge in [-0.05, 0) is 44.8 Å². The Kier molecular flexibility index (Phi) is 4.46. The number of fused-ring (bicyclic) bond motifs is 1. The molecule has 122 valence electrons. The Morgan fingerprint density at radius 1 is 1.14 bits per heavy atom. The third kappa shape index (κ3) is 3.07. The van der Waals surface area contributed by atoms with Crippen molar-refractivity contribution in [1.82, 2.24) is 19.6 Å². The SMILES string of the molecule is c1cc2n(n1)C(CN1CCCCC1)CN(C1CCOCC1)C2. The molecule has 0 amide bonds. The largest absolute Gasteiger partial charge is 0.381 e. The minimum Gasteiger partial charge on any atom is -0.381 e. The van der Waals surface area contributed by atoms with Crippen LogP contribution in [0.2, 0.25) is 0 Å². The van der Waals surface area contributed by atoms with Crippen molar-refractivity contribution < 1.29 is 4.74 Å². The Morgan fingerprint density at radius 3 is 2.77 bits per heavy atom. The number of ether oxygens (including phenoxy) is 1. The van der Waals surface area contributed by atoms with Gasteiger partial charge in [-0.15, -0.1) is 0 Å². The van der Waals surface area contributed by atoms with E-state index in [1.165, 1.54) is 50.9 Å². The van der Waals surface area contributed by atoms with E-state index in [1.807, 2.05) is 6.20 Å². The molecule has 2 saturated heterocycles. The van der Waals surface area contributed by atoms with Gasteiger partial charge in [0.1, 0.15) is 0 Å². The topological polar surface area (TPSA) is 33.5 Å². The zero-order valence-corrected chi connectivity index (χ0v) is 13.5. The molecule has 0 bridgehead atoms. The molecule has 4 rings (SSSR count). The number of likely N-dealkylation sites (tertiary alicyclic amines) is 1. The quantitative estimate of drug-likeness (QED) is 0.854. The fourth-order valence-corrected chi connectivity index (χ4v) is 4.32. The van der Waals surface area contributed by atoms with Crippen LogP contribution in [0.3, 0.4) is 0 Å². The summed E-state index contributed by atoms with van der Waals surface area (Å²) in [4.78, 5) is 5.33. The van der Waals surface area contributed by atoms with Crippen molar-refractivity contribution in [2.45, 2.75) is 50.7 Å². The van der Waals surface area contributed by atoms with Crippen molar-refractivity contribution in [3.8, 4) is 0 Å². The minimum atomic E-state index is 0.514. The summed E-state index contributed by atoms with van der Waals surface area (Å²) in [5.74, 6) is 0. The average molecular weight is 304 g/mol. The zero-order chi connectivity index (χ0) is 14.8. The lowest BCUT2D eigenvalue weighted by molar-refractivity contribution is 0.0122. The first kappa shape index (κ1) is 14.7. The van der Waals surface area contributed by atoms with Crippen LogP contribution in [0.1, 0.15) is 43.8 Å². The van der Waals surface area contributed by atoms with E-state index in [0.717, 1.165) is 32.8 Å². The van der Waals surface area contributed by atoms with E-state index in [-0.39, 0.29) is 0 Å². The lowest BCUT2D eigenvalue weighted by atomic mass is 10.0. The molecule has 5 nitrogen and oxygen atoms in total. The van der Waals surface area contributed by atoms with Gasteiger partial charge in [0.15, 0.2) is 0 Å². The van der Waals surface area contributed by atoms with Gasteiger partial charge in [-0.3, -0.25) is 9.58 Å². The number of hydrogen-bond acceptors (Lipinski definition) is 4. The summed E-state index contributed by atoms with van der Waals surface area (Å²) in [6.45, 7) is 7.76. The van der Waals surface area contributed by atoms with Crippen molar-refractivity contribution in [2.75, 3.05) is 39.4 Å². The number of hydrogen-bond donors (Lipinski definition) is 0. The summed E-state index contributed by atoms with van der Waals surface area (Å²) in [5.41, 5.74) is 1.39. The zero-order valence-electron chi connectivity index (χ0n) is 13.5. The summed E-state index contributed by atoms with van der Waals surface area (Å²) >= 11 is 0. The molecule has 0 radical (unpaired) electrons. The maximum atomic E-state index is 5.54. The molecule has 5 heteroatoms. The van der Waals surface area contributed by atoms with Crippen LogP contribution in [0.15, 0.2) is 12.3 Å². The van der Waals surface area contributed by atoms with E-state index in [4.69, 9.17) is 4.74 Å². The fourth-order valence-electron chi connectivity index (χ4n) is 4.32. The first-order valence-electron chi connectivity index (χ1n) is 8.97. The Morgan fingerprint density at radius 2 is 1.95 bits per heavy atom. The van der Waals surface area contributed by atoms with Gasteiger partial charge in [0, 0.05) is 45.1 Å². The van der Waals surface area contributed by atoms with Crippen LogP contribution >= 0.6 is 0 Å². The molecule has 0 saturated carbocycles.